The van der Waals surface area contributed by atoms with Crippen LogP contribution in [0.3, 0.4) is 0 Å². The van der Waals surface area contributed by atoms with Crippen LogP contribution < -0.4 is 5.32 Å². The van der Waals surface area contributed by atoms with E-state index >= 15 is 0 Å². The number of halogens is 1. The number of nitrogens with zero attached hydrogens (tertiary/aromatic N) is 3. The highest BCUT2D eigenvalue weighted by Gasteiger charge is 2.37. The molecule has 0 saturated heterocycles. The Labute approximate surface area is 237 Å². The molecule has 0 atom stereocenters. The SMILES string of the molecule is CN(C)CCON=C(C(=O)O)c1csc(NC(c2ccccc2)(c2ccccc2)c2ccccc2)n1.I. The van der Waals surface area contributed by atoms with Gasteiger partial charge in [0, 0.05) is 11.9 Å². The zero-order valence-electron chi connectivity index (χ0n) is 20.6. The molecule has 2 N–H and O–H groups in total. The van der Waals surface area contributed by atoms with Crippen LogP contribution in [0.4, 0.5) is 5.13 Å². The van der Waals surface area contributed by atoms with E-state index in [0.717, 1.165) is 16.7 Å². The molecule has 192 valence electrons. The minimum absolute atomic E-state index is 0. The Morgan fingerprint density at radius 1 is 0.946 bits per heavy atom. The average molecular weight is 629 g/mol. The van der Waals surface area contributed by atoms with E-state index in [1.165, 1.54) is 11.3 Å². The molecule has 0 aliphatic carbocycles. The number of likely N-dealkylation sites (N-methyl/N-ethyl adjacent to an activating group) is 1. The molecule has 0 saturated carbocycles. The summed E-state index contributed by atoms with van der Waals surface area (Å²) in [5.41, 5.74) is 2.32. The van der Waals surface area contributed by atoms with E-state index in [9.17, 15) is 9.90 Å². The lowest BCUT2D eigenvalue weighted by Crippen LogP contribution is -2.38. The maximum Gasteiger partial charge on any atom is 0.360 e. The summed E-state index contributed by atoms with van der Waals surface area (Å²) in [6, 6.07) is 30.4. The fourth-order valence-electron chi connectivity index (χ4n) is 3.91. The topological polar surface area (TPSA) is 87.0 Å². The third-order valence-corrected chi connectivity index (χ3v) is 6.41. The van der Waals surface area contributed by atoms with Crippen LogP contribution in [0.25, 0.3) is 0 Å². The van der Waals surface area contributed by atoms with Gasteiger partial charge in [-0.15, -0.1) is 35.3 Å². The molecule has 0 unspecified atom stereocenters. The van der Waals surface area contributed by atoms with Crippen molar-refractivity contribution in [2.24, 2.45) is 5.16 Å². The molecule has 0 fully saturated rings. The summed E-state index contributed by atoms with van der Waals surface area (Å²) in [7, 11) is 3.81. The summed E-state index contributed by atoms with van der Waals surface area (Å²) in [5.74, 6) is -1.20. The normalized spacial score (nSPS) is 11.6. The van der Waals surface area contributed by atoms with E-state index in [-0.39, 0.29) is 42.0 Å². The quantitative estimate of drug-likeness (QED) is 0.0747. The van der Waals surface area contributed by atoms with Crippen molar-refractivity contribution in [1.29, 1.82) is 0 Å². The number of oxime groups is 1. The fourth-order valence-corrected chi connectivity index (χ4v) is 4.66. The van der Waals surface area contributed by atoms with Crippen molar-refractivity contribution >= 4 is 52.1 Å². The van der Waals surface area contributed by atoms with Crippen LogP contribution in [0.15, 0.2) is 102 Å². The molecule has 0 aliphatic rings. The summed E-state index contributed by atoms with van der Waals surface area (Å²) in [5, 5.41) is 19.5. The lowest BCUT2D eigenvalue weighted by molar-refractivity contribution is -0.129. The summed E-state index contributed by atoms with van der Waals surface area (Å²) < 4.78 is 0. The van der Waals surface area contributed by atoms with Crippen molar-refractivity contribution in [2.75, 3.05) is 32.6 Å². The second-order valence-electron chi connectivity index (χ2n) is 8.39. The Kier molecular flexibility index (Phi) is 10.2. The summed E-state index contributed by atoms with van der Waals surface area (Å²) in [6.45, 7) is 0.895. The number of carbonyl (C=O) groups is 1. The average Bonchev–Trinajstić information content (AvgIpc) is 3.36. The first kappa shape index (κ1) is 28.3. The lowest BCUT2D eigenvalue weighted by Gasteiger charge is -2.36. The summed E-state index contributed by atoms with van der Waals surface area (Å²) >= 11 is 1.32. The second kappa shape index (κ2) is 13.3. The Morgan fingerprint density at radius 2 is 1.43 bits per heavy atom. The largest absolute Gasteiger partial charge is 0.476 e. The molecule has 0 radical (unpaired) electrons. The van der Waals surface area contributed by atoms with Gasteiger partial charge in [-0.05, 0) is 30.8 Å². The van der Waals surface area contributed by atoms with Crippen molar-refractivity contribution < 1.29 is 14.7 Å². The number of thiazole rings is 1. The first-order valence-corrected chi connectivity index (χ1v) is 12.4. The van der Waals surface area contributed by atoms with Crippen LogP contribution >= 0.6 is 35.3 Å². The predicted octanol–water partition coefficient (Wildman–Crippen LogP) is 5.53. The number of nitrogens with one attached hydrogen (secondary N) is 1. The molecule has 7 nitrogen and oxygen atoms in total. The van der Waals surface area contributed by atoms with E-state index in [1.807, 2.05) is 73.6 Å². The maximum atomic E-state index is 11.9. The first-order chi connectivity index (χ1) is 17.5. The van der Waals surface area contributed by atoms with Gasteiger partial charge in [-0.1, -0.05) is 96.2 Å². The first-order valence-electron chi connectivity index (χ1n) is 11.5. The van der Waals surface area contributed by atoms with Gasteiger partial charge in [0.1, 0.15) is 17.8 Å². The third kappa shape index (κ3) is 6.73. The number of aliphatic carboxylic acids is 1. The molecule has 1 aromatic heterocycles. The third-order valence-electron chi connectivity index (χ3n) is 5.65. The van der Waals surface area contributed by atoms with Crippen LogP contribution in [0.1, 0.15) is 22.4 Å². The van der Waals surface area contributed by atoms with Crippen LogP contribution in [-0.2, 0) is 15.2 Å². The van der Waals surface area contributed by atoms with Gasteiger partial charge in [0.2, 0.25) is 5.71 Å². The van der Waals surface area contributed by atoms with Crippen LogP contribution in [0.5, 0.6) is 0 Å². The number of rotatable bonds is 11. The number of aromatic nitrogens is 1. The summed E-state index contributed by atoms with van der Waals surface area (Å²) in [6.07, 6.45) is 0. The number of carboxylic acid groups (broad SMARTS) is 1. The van der Waals surface area contributed by atoms with Crippen molar-refractivity contribution in [2.45, 2.75) is 5.54 Å². The zero-order chi connectivity index (χ0) is 25.4. The Balaban J connectivity index is 0.00000380. The number of benzene rings is 3. The van der Waals surface area contributed by atoms with Crippen LogP contribution in [0.2, 0.25) is 0 Å². The monoisotopic (exact) mass is 628 g/mol. The lowest BCUT2D eigenvalue weighted by atomic mass is 9.77. The number of anilines is 1. The number of hydrogen-bond donors (Lipinski definition) is 2. The van der Waals surface area contributed by atoms with E-state index in [4.69, 9.17) is 4.84 Å². The smallest absolute Gasteiger partial charge is 0.360 e. The molecule has 0 aliphatic heterocycles. The van der Waals surface area contributed by atoms with Crippen molar-refractivity contribution in [3.8, 4) is 0 Å². The molecule has 0 amide bonds. The van der Waals surface area contributed by atoms with Gasteiger partial charge in [-0.2, -0.15) is 0 Å². The fraction of sp³-hybridized carbons (Fsp3) is 0.179. The molecular formula is C28H29IN4O3S. The zero-order valence-corrected chi connectivity index (χ0v) is 23.7. The van der Waals surface area contributed by atoms with Crippen LogP contribution in [0, 0.1) is 0 Å². The van der Waals surface area contributed by atoms with Crippen molar-refractivity contribution in [3.05, 3.63) is 119 Å². The molecule has 4 rings (SSSR count). The van der Waals surface area contributed by atoms with Gasteiger partial charge in [0.25, 0.3) is 0 Å². The van der Waals surface area contributed by atoms with Gasteiger partial charge >= 0.3 is 5.97 Å². The molecule has 0 bridgehead atoms. The van der Waals surface area contributed by atoms with Gasteiger partial charge in [-0.25, -0.2) is 9.78 Å². The van der Waals surface area contributed by atoms with Gasteiger partial charge in [0.15, 0.2) is 5.13 Å². The highest BCUT2D eigenvalue weighted by atomic mass is 127. The highest BCUT2D eigenvalue weighted by Crippen LogP contribution is 2.40. The van der Waals surface area contributed by atoms with Crippen LogP contribution in [-0.4, -0.2) is 53.9 Å². The molecular weight excluding hydrogens is 599 g/mol. The number of carboxylic acids is 1. The van der Waals surface area contributed by atoms with E-state index in [2.05, 4.69) is 51.9 Å². The standard InChI is InChI=1S/C28H28N4O3S.HI/c1-32(2)18-19-35-31-25(26(33)34)24-20-36-27(29-24)30-28(21-12-6-3-7-13-21,22-14-8-4-9-15-22)23-16-10-5-11-17-23;/h3-17,20H,18-19H2,1-2H3,(H,29,30)(H,33,34);1H. The van der Waals surface area contributed by atoms with Crippen molar-refractivity contribution in [3.63, 3.8) is 0 Å². The Bertz CT molecular complexity index is 1200. The number of hydrogen-bond acceptors (Lipinski definition) is 7. The van der Waals surface area contributed by atoms with E-state index in [1.54, 1.807) is 5.38 Å². The van der Waals surface area contributed by atoms with E-state index in [0.29, 0.717) is 11.7 Å². The van der Waals surface area contributed by atoms with E-state index < -0.39 is 11.5 Å². The molecule has 1 heterocycles. The highest BCUT2D eigenvalue weighted by molar-refractivity contribution is 14.0. The Hall–Kier alpha value is -3.28. The van der Waals surface area contributed by atoms with Gasteiger partial charge < -0.3 is 20.2 Å². The minimum Gasteiger partial charge on any atom is -0.476 e. The van der Waals surface area contributed by atoms with Gasteiger partial charge in [0.05, 0.1) is 0 Å². The molecule has 37 heavy (non-hydrogen) atoms. The minimum atomic E-state index is -1.20. The second-order valence-corrected chi connectivity index (χ2v) is 9.25. The predicted molar refractivity (Wildman–Crippen MR) is 159 cm³/mol. The Morgan fingerprint density at radius 3 is 1.86 bits per heavy atom. The maximum absolute atomic E-state index is 11.9. The molecule has 3 aromatic carbocycles. The molecule has 4 aromatic rings. The van der Waals surface area contributed by atoms with Crippen molar-refractivity contribution in [1.82, 2.24) is 9.88 Å². The molecule has 0 spiro atoms. The summed E-state index contributed by atoms with van der Waals surface area (Å²) in [4.78, 5) is 23.7. The molecule has 9 heteroatoms. The van der Waals surface area contributed by atoms with Gasteiger partial charge in [-0.3, -0.25) is 0 Å².